The molecule has 7 rings (SSSR count). The summed E-state index contributed by atoms with van der Waals surface area (Å²) in [6.07, 6.45) is 0.353. The summed E-state index contributed by atoms with van der Waals surface area (Å²) >= 11 is 0. The summed E-state index contributed by atoms with van der Waals surface area (Å²) in [6, 6.07) is 11.9. The van der Waals surface area contributed by atoms with Gasteiger partial charge in [0.2, 0.25) is 0 Å². The first-order valence-electron chi connectivity index (χ1n) is 14.8. The summed E-state index contributed by atoms with van der Waals surface area (Å²) in [6.45, 7) is 5.53. The van der Waals surface area contributed by atoms with Gasteiger partial charge in [0.05, 0.1) is 22.9 Å². The lowest BCUT2D eigenvalue weighted by Crippen LogP contribution is -2.54. The summed E-state index contributed by atoms with van der Waals surface area (Å²) in [7, 11) is 0. The van der Waals surface area contributed by atoms with E-state index in [0.29, 0.717) is 11.3 Å². The van der Waals surface area contributed by atoms with Gasteiger partial charge in [-0.25, -0.2) is 0 Å². The number of phenolic OH excluding ortho intramolecular Hbond substituents is 1. The molecule has 46 heavy (non-hydrogen) atoms. The van der Waals surface area contributed by atoms with Gasteiger partial charge in [-0.3, -0.25) is 14.4 Å². The van der Waals surface area contributed by atoms with Crippen LogP contribution in [-0.4, -0.2) is 62.7 Å². The van der Waals surface area contributed by atoms with E-state index in [0.717, 1.165) is 5.69 Å². The predicted molar refractivity (Wildman–Crippen MR) is 170 cm³/mol. The number of allylic oxidation sites excluding steroid dienone is 2. The Bertz CT molecular complexity index is 2030. The molecule has 1 fully saturated rings. The number of carbonyl (C=O) groups is 3. The summed E-state index contributed by atoms with van der Waals surface area (Å²) in [5.74, 6) is 9.17. The van der Waals surface area contributed by atoms with Crippen LogP contribution in [0.5, 0.6) is 5.75 Å². The minimum atomic E-state index is -1.65. The highest BCUT2D eigenvalue weighted by Crippen LogP contribution is 2.67. The number of carbonyl (C=O) groups excluding carboxylic acids is 3. The molecular weight excluding hydrogens is 586 g/mol. The Kier molecular flexibility index (Phi) is 6.59. The van der Waals surface area contributed by atoms with Crippen LogP contribution < -0.4 is 16.0 Å². The van der Waals surface area contributed by atoms with Crippen molar-refractivity contribution in [3.05, 3.63) is 94.1 Å². The van der Waals surface area contributed by atoms with Gasteiger partial charge in [0, 0.05) is 39.7 Å². The highest BCUT2D eigenvalue weighted by atomic mass is 16.7. The minimum absolute atomic E-state index is 0.00957. The molecule has 0 spiro atoms. The van der Waals surface area contributed by atoms with E-state index < -0.39 is 52.7 Å². The molecule has 6 N–H and O–H groups in total. The number of phenols is 1. The predicted octanol–water partition coefficient (Wildman–Crippen LogP) is 3.32. The number of fused-ring (bicyclic) bond motifs is 4. The fourth-order valence-corrected chi connectivity index (χ4v) is 6.77. The molecule has 10 nitrogen and oxygen atoms in total. The molecule has 3 aromatic carbocycles. The van der Waals surface area contributed by atoms with Crippen LogP contribution in [-0.2, 0) is 10.3 Å². The van der Waals surface area contributed by atoms with Crippen LogP contribution >= 0.6 is 0 Å². The van der Waals surface area contributed by atoms with Gasteiger partial charge in [-0.05, 0) is 81.5 Å². The molecule has 0 radical (unpaired) electrons. The zero-order valence-electron chi connectivity index (χ0n) is 25.1. The zero-order chi connectivity index (χ0) is 32.5. The number of aliphatic hydroxyl groups is 2. The second kappa shape index (κ2) is 10.3. The lowest BCUT2D eigenvalue weighted by molar-refractivity contribution is 0.0867. The van der Waals surface area contributed by atoms with Gasteiger partial charge in [-0.1, -0.05) is 23.7 Å². The van der Waals surface area contributed by atoms with Crippen LogP contribution in [0.1, 0.15) is 68.5 Å². The Morgan fingerprint density at radius 2 is 1.61 bits per heavy atom. The number of aromatic hydroxyl groups is 1. The zero-order valence-corrected chi connectivity index (χ0v) is 25.1. The maximum Gasteiger partial charge on any atom is 0.255 e. The molecule has 230 valence electrons. The standard InChI is InChI=1S/C36H29N3O7/c1-18(2)37-21-12-10-20(11-13-21)34(45)38-22-14-15-23-24(16-22)33(44)29-26(41)17-25-31(30(29)32(23)43)39-27-8-6-4-5-7-9-28(42)36(25)35(27,46-36)19(3)40/h4-5,10-19,27-28,37,39-42H,1-3H3,(H,38,45)/b5-4-/t19-,27+,28-,35+,36+/m1/s1. The van der Waals surface area contributed by atoms with Crippen LogP contribution in [0, 0.1) is 23.7 Å². The quantitative estimate of drug-likeness (QED) is 0.112. The van der Waals surface area contributed by atoms with Crippen molar-refractivity contribution in [3.63, 3.8) is 0 Å². The second-order valence-corrected chi connectivity index (χ2v) is 12.0. The topological polar surface area (TPSA) is 161 Å². The van der Waals surface area contributed by atoms with Crippen LogP contribution in [0.2, 0.25) is 0 Å². The summed E-state index contributed by atoms with van der Waals surface area (Å²) in [4.78, 5) is 41.1. The normalized spacial score (nSPS) is 25.9. The van der Waals surface area contributed by atoms with Gasteiger partial charge in [0.15, 0.2) is 28.9 Å². The molecule has 2 aliphatic heterocycles. The van der Waals surface area contributed by atoms with Crippen molar-refractivity contribution in [2.75, 3.05) is 16.0 Å². The molecule has 10 heteroatoms. The first-order chi connectivity index (χ1) is 22.0. The van der Waals surface area contributed by atoms with E-state index in [1.54, 1.807) is 24.3 Å². The Morgan fingerprint density at radius 3 is 2.30 bits per heavy atom. The Morgan fingerprint density at radius 1 is 0.935 bits per heavy atom. The number of anilines is 3. The average molecular weight is 616 g/mol. The van der Waals surface area contributed by atoms with E-state index in [-0.39, 0.29) is 39.5 Å². The van der Waals surface area contributed by atoms with Crippen molar-refractivity contribution in [2.45, 2.75) is 56.3 Å². The van der Waals surface area contributed by atoms with Crippen LogP contribution in [0.4, 0.5) is 17.1 Å². The fraction of sp³-hybridized carbons (Fsp3) is 0.250. The molecular formula is C36H29N3O7. The number of nitrogens with one attached hydrogen (secondary N) is 3. The van der Waals surface area contributed by atoms with Crippen molar-refractivity contribution in [1.29, 1.82) is 0 Å². The van der Waals surface area contributed by atoms with Gasteiger partial charge in [-0.2, -0.15) is 0 Å². The van der Waals surface area contributed by atoms with Crippen LogP contribution in [0.25, 0.3) is 0 Å². The van der Waals surface area contributed by atoms with Crippen LogP contribution in [0.3, 0.4) is 0 Å². The molecule has 5 atom stereocenters. The number of ketones is 2. The number of hydrogen-bond acceptors (Lipinski definition) is 9. The van der Waals surface area contributed by atoms with E-state index in [4.69, 9.17) is 4.74 Å². The lowest BCUT2D eigenvalue weighted by Gasteiger charge is -2.37. The summed E-state index contributed by atoms with van der Waals surface area (Å²) in [5.41, 5.74) is -1.46. The molecule has 3 aromatic rings. The maximum atomic E-state index is 14.1. The number of benzene rings is 3. The third-order valence-corrected chi connectivity index (χ3v) is 8.82. The van der Waals surface area contributed by atoms with Crippen molar-refractivity contribution in [1.82, 2.24) is 0 Å². The number of epoxide rings is 1. The van der Waals surface area contributed by atoms with E-state index in [2.05, 4.69) is 39.6 Å². The highest BCUT2D eigenvalue weighted by Gasteiger charge is 2.82. The highest BCUT2D eigenvalue weighted by molar-refractivity contribution is 6.31. The molecule has 0 unspecified atom stereocenters. The Labute approximate surface area is 264 Å². The second-order valence-electron chi connectivity index (χ2n) is 12.0. The summed E-state index contributed by atoms with van der Waals surface area (Å²) < 4.78 is 6.19. The SMILES string of the molecule is CC(C)Nc1ccc(C(=O)Nc2ccc3c(c2)C(=O)c2c(O)cc4c(c2C3=O)N[C@H]2C#C/C=C\C#C[C@@H](O)[C@@]43O[C@@]23[C@@H](C)O)cc1. The van der Waals surface area contributed by atoms with Crippen molar-refractivity contribution in [3.8, 4) is 29.4 Å². The largest absolute Gasteiger partial charge is 0.507 e. The monoisotopic (exact) mass is 615 g/mol. The Hall–Kier alpha value is -5.39. The number of rotatable bonds is 5. The minimum Gasteiger partial charge on any atom is -0.507 e. The molecule has 1 saturated heterocycles. The molecule has 4 aliphatic rings. The smallest absolute Gasteiger partial charge is 0.255 e. The maximum absolute atomic E-state index is 14.1. The van der Waals surface area contributed by atoms with Gasteiger partial charge in [0.1, 0.15) is 11.8 Å². The van der Waals surface area contributed by atoms with Gasteiger partial charge < -0.3 is 36.0 Å². The van der Waals surface area contributed by atoms with Crippen molar-refractivity contribution >= 4 is 34.5 Å². The van der Waals surface area contributed by atoms with E-state index >= 15 is 0 Å². The number of amides is 1. The lowest BCUT2D eigenvalue weighted by atomic mass is 9.69. The third kappa shape index (κ3) is 4.09. The van der Waals surface area contributed by atoms with E-state index in [1.807, 2.05) is 13.8 Å². The van der Waals surface area contributed by atoms with E-state index in [1.165, 1.54) is 43.3 Å². The molecule has 2 aliphatic carbocycles. The first kappa shape index (κ1) is 29.3. The average Bonchev–Trinajstić information content (AvgIpc) is 3.75. The first-order valence-corrected chi connectivity index (χ1v) is 14.8. The third-order valence-electron chi connectivity index (χ3n) is 8.82. The van der Waals surface area contributed by atoms with Crippen molar-refractivity contribution < 1.29 is 34.4 Å². The summed E-state index contributed by atoms with van der Waals surface area (Å²) in [5, 5.41) is 42.7. The van der Waals surface area contributed by atoms with Gasteiger partial charge in [0.25, 0.3) is 5.91 Å². The number of ether oxygens (including phenoxy) is 1. The van der Waals surface area contributed by atoms with Crippen molar-refractivity contribution in [2.24, 2.45) is 0 Å². The molecule has 2 bridgehead atoms. The molecule has 1 amide bonds. The Balaban J connectivity index is 1.28. The van der Waals surface area contributed by atoms with Gasteiger partial charge >= 0.3 is 0 Å². The van der Waals surface area contributed by atoms with E-state index in [9.17, 15) is 29.7 Å². The molecule has 0 aromatic heterocycles. The number of aliphatic hydroxyl groups excluding tert-OH is 2. The molecule has 2 heterocycles. The number of hydrogen-bond donors (Lipinski definition) is 6. The molecule has 0 saturated carbocycles. The van der Waals surface area contributed by atoms with Crippen LogP contribution in [0.15, 0.2) is 60.7 Å². The fourth-order valence-electron chi connectivity index (χ4n) is 6.77. The van der Waals surface area contributed by atoms with Gasteiger partial charge in [-0.15, -0.1) is 0 Å².